The van der Waals surface area contributed by atoms with Gasteiger partial charge in [-0.05, 0) is 76.6 Å². The number of nitrogens with zero attached hydrogens (tertiary/aromatic N) is 2. The van der Waals surface area contributed by atoms with Gasteiger partial charge in [0, 0.05) is 55.6 Å². The number of pyridine rings is 1. The summed E-state index contributed by atoms with van der Waals surface area (Å²) in [5.74, 6) is -0.161. The van der Waals surface area contributed by atoms with Crippen LogP contribution in [0.5, 0.6) is 0 Å². The predicted octanol–water partition coefficient (Wildman–Crippen LogP) is 7.35. The maximum absolute atomic E-state index is 12.5. The third-order valence-corrected chi connectivity index (χ3v) is 10.2. The number of hydrogen-bond donors (Lipinski definition) is 3. The number of aliphatic hydroxyl groups is 2. The molecule has 4 aromatic carbocycles. The predicted molar refractivity (Wildman–Crippen MR) is 197 cm³/mol. The van der Waals surface area contributed by atoms with Gasteiger partial charge in [-0.1, -0.05) is 90.5 Å². The lowest BCUT2D eigenvalue weighted by molar-refractivity contribution is -0.253. The molecule has 0 radical (unpaired) electrons. The van der Waals surface area contributed by atoms with Crippen LogP contribution in [0.1, 0.15) is 69.8 Å². The highest BCUT2D eigenvalue weighted by Gasteiger charge is 2.37. The SMILES string of the molecule is O=C(NCc1cccc(-c2ccc(C3OC(CN4CCC(O)(c5ccc(Cl)cc5)CC4)CC(c4ccc(CO)cc4)O3)cc2)c1)c1cccnc1. The van der Waals surface area contributed by atoms with E-state index in [1.165, 1.54) is 0 Å². The summed E-state index contributed by atoms with van der Waals surface area (Å²) in [6.07, 6.45) is 4.32. The molecule has 3 heterocycles. The second kappa shape index (κ2) is 15.9. The van der Waals surface area contributed by atoms with Crippen LogP contribution in [0.2, 0.25) is 5.02 Å². The molecule has 2 aliphatic rings. The van der Waals surface area contributed by atoms with Gasteiger partial charge in [0.05, 0.1) is 30.0 Å². The van der Waals surface area contributed by atoms with Crippen LogP contribution in [0, 0.1) is 0 Å². The Kier molecular flexibility index (Phi) is 10.9. The summed E-state index contributed by atoms with van der Waals surface area (Å²) in [5.41, 5.74) is 6.48. The largest absolute Gasteiger partial charge is 0.392 e. The first-order chi connectivity index (χ1) is 24.8. The zero-order valence-corrected chi connectivity index (χ0v) is 29.1. The van der Waals surface area contributed by atoms with Crippen LogP contribution in [0.4, 0.5) is 0 Å². The van der Waals surface area contributed by atoms with Crippen molar-refractivity contribution < 1.29 is 24.5 Å². The Labute approximate surface area is 303 Å². The van der Waals surface area contributed by atoms with Crippen LogP contribution < -0.4 is 5.32 Å². The standard InChI is InChI=1S/C42H42ClN3O5/c43-37-16-14-36(15-17-37)42(49)18-21-46(22-19-42)27-38-24-39(32-8-6-29(28-47)7-9-32)51-41(50-38)33-12-10-31(11-13-33)34-4-1-3-30(23-34)25-45-40(48)35-5-2-20-44-26-35/h1-17,20,23,26,38-39,41,47,49H,18-19,21-22,24-25,27-28H2,(H,45,48). The lowest BCUT2D eigenvalue weighted by Gasteiger charge is -2.42. The molecule has 8 nitrogen and oxygen atoms in total. The van der Waals surface area contributed by atoms with E-state index in [-0.39, 0.29) is 24.7 Å². The summed E-state index contributed by atoms with van der Waals surface area (Å²) in [5, 5.41) is 24.7. The summed E-state index contributed by atoms with van der Waals surface area (Å²) >= 11 is 6.09. The molecule has 1 amide bonds. The molecule has 3 unspecified atom stereocenters. The van der Waals surface area contributed by atoms with E-state index in [0.717, 1.165) is 58.6 Å². The van der Waals surface area contributed by atoms with Crippen LogP contribution in [-0.4, -0.2) is 51.7 Å². The van der Waals surface area contributed by atoms with Crippen molar-refractivity contribution in [3.8, 4) is 11.1 Å². The molecule has 3 atom stereocenters. The number of amides is 1. The van der Waals surface area contributed by atoms with Gasteiger partial charge >= 0.3 is 0 Å². The van der Waals surface area contributed by atoms with Gasteiger partial charge in [0.25, 0.3) is 5.91 Å². The average Bonchev–Trinajstić information content (AvgIpc) is 3.18. The van der Waals surface area contributed by atoms with E-state index in [0.29, 0.717) is 36.4 Å². The number of rotatable bonds is 10. The molecular formula is C42H42ClN3O5. The van der Waals surface area contributed by atoms with E-state index in [9.17, 15) is 15.0 Å². The third kappa shape index (κ3) is 8.56. The van der Waals surface area contributed by atoms with Crippen molar-refractivity contribution in [3.05, 3.63) is 160 Å². The van der Waals surface area contributed by atoms with E-state index in [1.807, 2.05) is 60.7 Å². The number of nitrogens with one attached hydrogen (secondary N) is 1. The zero-order valence-electron chi connectivity index (χ0n) is 28.3. The van der Waals surface area contributed by atoms with Crippen LogP contribution in [0.3, 0.4) is 0 Å². The maximum Gasteiger partial charge on any atom is 0.253 e. The van der Waals surface area contributed by atoms with Gasteiger partial charge < -0.3 is 29.9 Å². The van der Waals surface area contributed by atoms with Gasteiger partial charge in [0.1, 0.15) is 0 Å². The molecule has 0 bridgehead atoms. The number of likely N-dealkylation sites (tertiary alicyclic amines) is 1. The number of aliphatic hydroxyl groups excluding tert-OH is 1. The van der Waals surface area contributed by atoms with Crippen molar-refractivity contribution in [3.63, 3.8) is 0 Å². The van der Waals surface area contributed by atoms with Crippen molar-refractivity contribution >= 4 is 17.5 Å². The monoisotopic (exact) mass is 703 g/mol. The van der Waals surface area contributed by atoms with Crippen LogP contribution >= 0.6 is 11.6 Å². The summed E-state index contributed by atoms with van der Waals surface area (Å²) in [6, 6.07) is 35.3. The average molecular weight is 704 g/mol. The molecule has 262 valence electrons. The Morgan fingerprint density at radius 3 is 2.31 bits per heavy atom. The molecule has 5 aromatic rings. The second-order valence-corrected chi connectivity index (χ2v) is 13.9. The van der Waals surface area contributed by atoms with Crippen molar-refractivity contribution in [2.75, 3.05) is 19.6 Å². The van der Waals surface area contributed by atoms with Crippen LogP contribution in [0.15, 0.2) is 122 Å². The number of benzene rings is 4. The molecule has 0 spiro atoms. The van der Waals surface area contributed by atoms with E-state index < -0.39 is 11.9 Å². The Hall–Kier alpha value is -4.41. The van der Waals surface area contributed by atoms with E-state index in [4.69, 9.17) is 21.1 Å². The fourth-order valence-electron chi connectivity index (χ4n) is 6.95. The van der Waals surface area contributed by atoms with Crippen molar-refractivity contribution in [2.45, 2.75) is 56.5 Å². The molecule has 0 saturated carbocycles. The van der Waals surface area contributed by atoms with Gasteiger partial charge in [-0.3, -0.25) is 9.78 Å². The van der Waals surface area contributed by atoms with Crippen LogP contribution in [0.25, 0.3) is 11.1 Å². The Morgan fingerprint density at radius 1 is 0.863 bits per heavy atom. The number of ether oxygens (including phenoxy) is 2. The van der Waals surface area contributed by atoms with Gasteiger partial charge in [-0.2, -0.15) is 0 Å². The lowest BCUT2D eigenvalue weighted by atomic mass is 9.84. The van der Waals surface area contributed by atoms with Crippen LogP contribution in [-0.2, 0) is 28.2 Å². The fraction of sp³-hybridized carbons (Fsp3) is 0.286. The van der Waals surface area contributed by atoms with Crippen molar-refractivity contribution in [1.82, 2.24) is 15.2 Å². The molecule has 2 saturated heterocycles. The molecule has 0 aliphatic carbocycles. The number of aromatic nitrogens is 1. The molecule has 1 aromatic heterocycles. The lowest BCUT2D eigenvalue weighted by Crippen LogP contribution is -2.46. The van der Waals surface area contributed by atoms with Gasteiger partial charge in [0.15, 0.2) is 6.29 Å². The minimum atomic E-state index is -0.869. The van der Waals surface area contributed by atoms with E-state index in [2.05, 4.69) is 51.6 Å². The molecule has 3 N–H and O–H groups in total. The van der Waals surface area contributed by atoms with E-state index in [1.54, 1.807) is 24.5 Å². The minimum absolute atomic E-state index is 0.00715. The highest BCUT2D eigenvalue weighted by Crippen LogP contribution is 2.40. The topological polar surface area (TPSA) is 104 Å². The zero-order chi connectivity index (χ0) is 35.2. The molecule has 51 heavy (non-hydrogen) atoms. The van der Waals surface area contributed by atoms with Gasteiger partial charge in [-0.15, -0.1) is 0 Å². The first-order valence-electron chi connectivity index (χ1n) is 17.4. The molecule has 2 aliphatic heterocycles. The first-order valence-corrected chi connectivity index (χ1v) is 17.8. The Bertz CT molecular complexity index is 1900. The Balaban J connectivity index is 1.03. The third-order valence-electron chi connectivity index (χ3n) is 9.96. The number of piperidine rings is 1. The number of hydrogen-bond acceptors (Lipinski definition) is 7. The second-order valence-electron chi connectivity index (χ2n) is 13.4. The highest BCUT2D eigenvalue weighted by atomic mass is 35.5. The number of carbonyl (C=O) groups is 1. The fourth-order valence-corrected chi connectivity index (χ4v) is 7.08. The summed E-state index contributed by atoms with van der Waals surface area (Å²) in [6.45, 7) is 2.63. The first kappa shape index (κ1) is 35.0. The Morgan fingerprint density at radius 2 is 1.61 bits per heavy atom. The summed E-state index contributed by atoms with van der Waals surface area (Å²) in [7, 11) is 0. The summed E-state index contributed by atoms with van der Waals surface area (Å²) < 4.78 is 13.3. The van der Waals surface area contributed by atoms with E-state index >= 15 is 0 Å². The number of halogens is 1. The maximum atomic E-state index is 12.5. The van der Waals surface area contributed by atoms with Crippen molar-refractivity contribution in [2.24, 2.45) is 0 Å². The highest BCUT2D eigenvalue weighted by molar-refractivity contribution is 6.30. The number of carbonyl (C=O) groups excluding carboxylic acids is 1. The van der Waals surface area contributed by atoms with Gasteiger partial charge in [0.2, 0.25) is 0 Å². The molecule has 9 heteroatoms. The quantitative estimate of drug-likeness (QED) is 0.140. The molecule has 2 fully saturated rings. The van der Waals surface area contributed by atoms with Crippen molar-refractivity contribution in [1.29, 1.82) is 0 Å². The summed E-state index contributed by atoms with van der Waals surface area (Å²) in [4.78, 5) is 18.9. The molecular weight excluding hydrogens is 662 g/mol. The smallest absolute Gasteiger partial charge is 0.253 e. The normalized spacial score (nSPS) is 20.5. The van der Waals surface area contributed by atoms with Gasteiger partial charge in [-0.25, -0.2) is 0 Å². The minimum Gasteiger partial charge on any atom is -0.392 e. The molecule has 7 rings (SSSR count).